The summed E-state index contributed by atoms with van der Waals surface area (Å²) in [5, 5.41) is 0. The molecule has 25 heavy (non-hydrogen) atoms. The van der Waals surface area contributed by atoms with E-state index in [1.54, 1.807) is 25.8 Å². The highest BCUT2D eigenvalue weighted by molar-refractivity contribution is 5.42. The third-order valence-electron chi connectivity index (χ3n) is 5.09. The molecule has 2 aromatic heterocycles. The summed E-state index contributed by atoms with van der Waals surface area (Å²) in [4.78, 5) is 14.9. The first-order valence-electron chi connectivity index (χ1n) is 8.54. The van der Waals surface area contributed by atoms with Gasteiger partial charge in [0.1, 0.15) is 17.9 Å². The third-order valence-corrected chi connectivity index (χ3v) is 5.09. The van der Waals surface area contributed by atoms with Crippen LogP contribution in [-0.4, -0.2) is 54.5 Å². The van der Waals surface area contributed by atoms with Crippen LogP contribution < -0.4 is 14.4 Å². The van der Waals surface area contributed by atoms with Crippen LogP contribution in [0.5, 0.6) is 11.6 Å². The van der Waals surface area contributed by atoms with Crippen molar-refractivity contribution in [1.82, 2.24) is 15.0 Å². The summed E-state index contributed by atoms with van der Waals surface area (Å²) in [7, 11) is 1.62. The normalized spacial score (nSPS) is 25.5. The molecule has 132 valence electrons. The van der Waals surface area contributed by atoms with E-state index in [2.05, 4.69) is 19.9 Å². The molecule has 2 aromatic rings. The van der Waals surface area contributed by atoms with Gasteiger partial charge in [0.05, 0.1) is 31.4 Å². The van der Waals surface area contributed by atoms with Gasteiger partial charge in [-0.3, -0.25) is 4.98 Å². The molecule has 2 fully saturated rings. The van der Waals surface area contributed by atoms with Gasteiger partial charge in [0.2, 0.25) is 5.88 Å². The zero-order valence-corrected chi connectivity index (χ0v) is 14.3. The Kier molecular flexibility index (Phi) is 4.40. The Labute approximate surface area is 147 Å². The molecule has 0 spiro atoms. The van der Waals surface area contributed by atoms with E-state index in [0.29, 0.717) is 12.5 Å². The summed E-state index contributed by atoms with van der Waals surface area (Å²) >= 11 is 0. The van der Waals surface area contributed by atoms with Crippen molar-refractivity contribution in [2.75, 3.05) is 38.3 Å². The van der Waals surface area contributed by atoms with E-state index in [9.17, 15) is 0 Å². The Morgan fingerprint density at radius 2 is 2.36 bits per heavy atom. The molecule has 0 N–H and O–H groups in total. The maximum atomic E-state index is 6.05. The Balaban J connectivity index is 1.52. The van der Waals surface area contributed by atoms with E-state index in [-0.39, 0.29) is 11.5 Å². The first kappa shape index (κ1) is 16.1. The van der Waals surface area contributed by atoms with E-state index >= 15 is 0 Å². The number of piperidine rings is 1. The fraction of sp³-hybridized carbons (Fsp3) is 0.500. The molecule has 0 radical (unpaired) electrons. The molecule has 7 heteroatoms. The number of nitrogens with zero attached hydrogens (tertiary/aromatic N) is 4. The maximum absolute atomic E-state index is 6.05. The van der Waals surface area contributed by atoms with Crippen LogP contribution in [0, 0.1) is 5.41 Å². The van der Waals surface area contributed by atoms with Crippen LogP contribution in [0.25, 0.3) is 0 Å². The molecule has 0 aromatic carbocycles. The molecule has 4 heterocycles. The molecule has 2 atom stereocenters. The number of pyridine rings is 1. The first-order valence-corrected chi connectivity index (χ1v) is 8.54. The van der Waals surface area contributed by atoms with Crippen molar-refractivity contribution in [3.05, 3.63) is 36.9 Å². The van der Waals surface area contributed by atoms with E-state index in [4.69, 9.17) is 14.2 Å². The molecular weight excluding hydrogens is 320 g/mol. The highest BCUT2D eigenvalue weighted by atomic mass is 16.5. The van der Waals surface area contributed by atoms with Crippen LogP contribution in [0.3, 0.4) is 0 Å². The highest BCUT2D eigenvalue weighted by Gasteiger charge is 2.49. The van der Waals surface area contributed by atoms with Crippen molar-refractivity contribution in [1.29, 1.82) is 0 Å². The summed E-state index contributed by atoms with van der Waals surface area (Å²) in [6.45, 7) is 3.14. The van der Waals surface area contributed by atoms with Crippen molar-refractivity contribution in [2.45, 2.75) is 18.9 Å². The number of hydrogen-bond donors (Lipinski definition) is 0. The zero-order valence-electron chi connectivity index (χ0n) is 14.3. The van der Waals surface area contributed by atoms with Crippen LogP contribution in [0.4, 0.5) is 5.82 Å². The first-order chi connectivity index (χ1) is 12.3. The Morgan fingerprint density at radius 1 is 1.40 bits per heavy atom. The number of methoxy groups -OCH3 is 1. The van der Waals surface area contributed by atoms with Crippen molar-refractivity contribution in [3.8, 4) is 11.6 Å². The van der Waals surface area contributed by atoms with Gasteiger partial charge in [-0.05, 0) is 25.0 Å². The summed E-state index contributed by atoms with van der Waals surface area (Å²) in [5.41, 5.74) is -0.0354. The second-order valence-electron chi connectivity index (χ2n) is 6.58. The lowest BCUT2D eigenvalue weighted by Gasteiger charge is -2.43. The standard InChI is InChI=1S/C18H22N4O3/c1-23-17-9-16(20-13-21-17)22-7-4-15-18(11-22,5-8-24-15)12-25-14-3-2-6-19-10-14/h2-3,6,9-10,13,15H,4-5,7-8,11-12H2,1H3/t15-,18+/m0/s1. The molecule has 0 unspecified atom stereocenters. The molecule has 4 rings (SSSR count). The molecule has 7 nitrogen and oxygen atoms in total. The number of ether oxygens (including phenoxy) is 3. The summed E-state index contributed by atoms with van der Waals surface area (Å²) in [6.07, 6.45) is 7.21. The zero-order chi connectivity index (χ0) is 17.1. The number of fused-ring (bicyclic) bond motifs is 1. The SMILES string of the molecule is COc1cc(N2CC[C@@H]3OCC[C@]3(COc3cccnc3)C2)ncn1. The second-order valence-corrected chi connectivity index (χ2v) is 6.58. The molecule has 0 bridgehead atoms. The summed E-state index contributed by atoms with van der Waals surface area (Å²) < 4.78 is 17.3. The van der Waals surface area contributed by atoms with Crippen molar-refractivity contribution in [3.63, 3.8) is 0 Å². The van der Waals surface area contributed by atoms with Gasteiger partial charge in [-0.25, -0.2) is 9.97 Å². The van der Waals surface area contributed by atoms with Crippen LogP contribution >= 0.6 is 0 Å². The molecule has 2 aliphatic heterocycles. The molecule has 2 saturated heterocycles. The van der Waals surface area contributed by atoms with Gasteiger partial charge in [0.25, 0.3) is 0 Å². The van der Waals surface area contributed by atoms with Crippen LogP contribution in [0.1, 0.15) is 12.8 Å². The minimum Gasteiger partial charge on any atom is -0.491 e. The van der Waals surface area contributed by atoms with Gasteiger partial charge in [0, 0.05) is 32.0 Å². The van der Waals surface area contributed by atoms with E-state index in [1.807, 2.05) is 18.2 Å². The smallest absolute Gasteiger partial charge is 0.218 e. The number of hydrogen-bond acceptors (Lipinski definition) is 7. The predicted octanol–water partition coefficient (Wildman–Crippen LogP) is 1.94. The molecule has 0 amide bonds. The van der Waals surface area contributed by atoms with Gasteiger partial charge < -0.3 is 19.1 Å². The van der Waals surface area contributed by atoms with Gasteiger partial charge >= 0.3 is 0 Å². The average molecular weight is 342 g/mol. The van der Waals surface area contributed by atoms with E-state index in [1.165, 1.54) is 0 Å². The van der Waals surface area contributed by atoms with E-state index in [0.717, 1.165) is 44.1 Å². The molecular formula is C18H22N4O3. The Morgan fingerprint density at radius 3 is 3.20 bits per heavy atom. The topological polar surface area (TPSA) is 69.6 Å². The third kappa shape index (κ3) is 3.24. The molecule has 0 aliphatic carbocycles. The lowest BCUT2D eigenvalue weighted by Crippen LogP contribution is -2.52. The van der Waals surface area contributed by atoms with Crippen LogP contribution in [0.15, 0.2) is 36.9 Å². The quantitative estimate of drug-likeness (QED) is 0.822. The fourth-order valence-electron chi connectivity index (χ4n) is 3.73. The Hall–Kier alpha value is -2.41. The largest absolute Gasteiger partial charge is 0.491 e. The van der Waals surface area contributed by atoms with Crippen molar-refractivity contribution < 1.29 is 14.2 Å². The Bertz CT molecular complexity index is 714. The average Bonchev–Trinajstić information content (AvgIpc) is 3.10. The lowest BCUT2D eigenvalue weighted by molar-refractivity contribution is 0.00811. The fourth-order valence-corrected chi connectivity index (χ4v) is 3.73. The van der Waals surface area contributed by atoms with Crippen molar-refractivity contribution in [2.24, 2.45) is 5.41 Å². The summed E-state index contributed by atoms with van der Waals surface area (Å²) in [5.74, 6) is 2.26. The van der Waals surface area contributed by atoms with Gasteiger partial charge in [0.15, 0.2) is 0 Å². The summed E-state index contributed by atoms with van der Waals surface area (Å²) in [6, 6.07) is 5.70. The van der Waals surface area contributed by atoms with Crippen LogP contribution in [0.2, 0.25) is 0 Å². The predicted molar refractivity (Wildman–Crippen MR) is 91.9 cm³/mol. The lowest BCUT2D eigenvalue weighted by atomic mass is 9.77. The van der Waals surface area contributed by atoms with E-state index < -0.39 is 0 Å². The molecule has 0 saturated carbocycles. The second kappa shape index (κ2) is 6.84. The number of rotatable bonds is 5. The highest BCUT2D eigenvalue weighted by Crippen LogP contribution is 2.42. The minimum atomic E-state index is -0.0354. The van der Waals surface area contributed by atoms with Crippen molar-refractivity contribution >= 4 is 5.82 Å². The van der Waals surface area contributed by atoms with Crippen LogP contribution in [-0.2, 0) is 4.74 Å². The maximum Gasteiger partial charge on any atom is 0.218 e. The van der Waals surface area contributed by atoms with Gasteiger partial charge in [-0.15, -0.1) is 0 Å². The monoisotopic (exact) mass is 342 g/mol. The minimum absolute atomic E-state index is 0.0354. The molecule has 2 aliphatic rings. The number of anilines is 1. The number of aromatic nitrogens is 3. The van der Waals surface area contributed by atoms with Gasteiger partial charge in [-0.1, -0.05) is 0 Å². The van der Waals surface area contributed by atoms with Gasteiger partial charge in [-0.2, -0.15) is 0 Å².